The molecule has 4 heteroatoms. The summed E-state index contributed by atoms with van der Waals surface area (Å²) < 4.78 is 0. The Labute approximate surface area is 220 Å². The maximum absolute atomic E-state index is 11.3. The smallest absolute Gasteiger partial charge is 0.123 e. The highest BCUT2D eigenvalue weighted by molar-refractivity contribution is 5.50. The second-order valence-electron chi connectivity index (χ2n) is 14.5. The Morgan fingerprint density at radius 3 is 1.14 bits per heavy atom. The second kappa shape index (κ2) is 10.4. The maximum atomic E-state index is 11.3. The minimum atomic E-state index is -0.206. The predicted octanol–water partition coefficient (Wildman–Crippen LogP) is 7.28. The van der Waals surface area contributed by atoms with Crippen LogP contribution in [0.5, 0.6) is 11.5 Å². The highest BCUT2D eigenvalue weighted by atomic mass is 16.3. The molecule has 0 saturated heterocycles. The second-order valence-corrected chi connectivity index (χ2v) is 14.5. The topological polar surface area (TPSA) is 63.9 Å². The number of phenols is 2. The van der Waals surface area contributed by atoms with Crippen LogP contribution in [0.2, 0.25) is 0 Å². The summed E-state index contributed by atoms with van der Waals surface area (Å²) in [5.74, 6) is 0.642. The summed E-state index contributed by atoms with van der Waals surface area (Å²) in [6.07, 6.45) is 0. The summed E-state index contributed by atoms with van der Waals surface area (Å²) >= 11 is 0. The lowest BCUT2D eigenvalue weighted by atomic mass is 9.78. The van der Waals surface area contributed by atoms with Gasteiger partial charge >= 0.3 is 0 Å². The Bertz CT molecular complexity index is 974. The van der Waals surface area contributed by atoms with Crippen molar-refractivity contribution in [3.05, 3.63) is 57.6 Å². The molecule has 3 N–H and O–H groups in total. The van der Waals surface area contributed by atoms with Crippen LogP contribution in [-0.2, 0) is 34.7 Å². The van der Waals surface area contributed by atoms with E-state index in [9.17, 15) is 15.3 Å². The van der Waals surface area contributed by atoms with Gasteiger partial charge in [0.25, 0.3) is 0 Å². The van der Waals surface area contributed by atoms with Crippen LogP contribution >= 0.6 is 0 Å². The molecular formula is C32H51NO3. The Hall–Kier alpha value is -2.04. The quantitative estimate of drug-likeness (QED) is 0.392. The van der Waals surface area contributed by atoms with Gasteiger partial charge in [-0.2, -0.15) is 0 Å². The zero-order valence-electron chi connectivity index (χ0n) is 24.9. The van der Waals surface area contributed by atoms with E-state index >= 15 is 0 Å². The van der Waals surface area contributed by atoms with Crippen molar-refractivity contribution in [1.82, 2.24) is 4.90 Å². The Morgan fingerprint density at radius 2 is 0.889 bits per heavy atom. The molecule has 36 heavy (non-hydrogen) atoms. The molecule has 0 unspecified atom stereocenters. The lowest BCUT2D eigenvalue weighted by molar-refractivity contribution is 0.181. The molecule has 0 atom stereocenters. The van der Waals surface area contributed by atoms with Gasteiger partial charge in [-0.25, -0.2) is 0 Å². The number of aliphatic hydroxyl groups excluding tert-OH is 1. The summed E-state index contributed by atoms with van der Waals surface area (Å²) in [4.78, 5) is 2.11. The normalized spacial score (nSPS) is 13.5. The van der Waals surface area contributed by atoms with E-state index in [0.717, 1.165) is 22.3 Å². The molecule has 2 aromatic carbocycles. The van der Waals surface area contributed by atoms with Gasteiger partial charge < -0.3 is 15.3 Å². The van der Waals surface area contributed by atoms with Crippen LogP contribution in [0.4, 0.5) is 0 Å². The molecule has 0 aliphatic heterocycles. The zero-order chi connectivity index (χ0) is 27.9. The highest BCUT2D eigenvalue weighted by Gasteiger charge is 2.28. The Kier molecular flexibility index (Phi) is 8.70. The average molecular weight is 498 g/mol. The summed E-state index contributed by atoms with van der Waals surface area (Å²) in [6, 6.07) is 8.45. The third-order valence-electron chi connectivity index (χ3n) is 6.93. The first-order chi connectivity index (χ1) is 16.2. The number of hydrogen-bond donors (Lipinski definition) is 3. The van der Waals surface area contributed by atoms with E-state index in [0.29, 0.717) is 31.1 Å². The number of aliphatic hydroxyl groups is 1. The van der Waals surface area contributed by atoms with Gasteiger partial charge in [-0.3, -0.25) is 4.90 Å². The zero-order valence-corrected chi connectivity index (χ0v) is 24.9. The van der Waals surface area contributed by atoms with E-state index in [4.69, 9.17) is 0 Å². The molecule has 0 radical (unpaired) electrons. The van der Waals surface area contributed by atoms with Crippen molar-refractivity contribution in [2.24, 2.45) is 0 Å². The number of nitrogens with zero attached hydrogens (tertiary/aromatic N) is 1. The monoisotopic (exact) mass is 497 g/mol. The third-order valence-corrected chi connectivity index (χ3v) is 6.93. The van der Waals surface area contributed by atoms with E-state index in [1.807, 2.05) is 0 Å². The van der Waals surface area contributed by atoms with Crippen LogP contribution in [0.25, 0.3) is 0 Å². The summed E-state index contributed by atoms with van der Waals surface area (Å²) in [5.41, 5.74) is 5.38. The van der Waals surface area contributed by atoms with Gasteiger partial charge in [-0.15, -0.1) is 0 Å². The van der Waals surface area contributed by atoms with Crippen molar-refractivity contribution >= 4 is 0 Å². The van der Waals surface area contributed by atoms with Crippen LogP contribution in [-0.4, -0.2) is 33.4 Å². The van der Waals surface area contributed by atoms with Gasteiger partial charge in [0.15, 0.2) is 0 Å². The van der Waals surface area contributed by atoms with E-state index in [1.165, 1.54) is 11.1 Å². The van der Waals surface area contributed by atoms with E-state index < -0.39 is 0 Å². The fourth-order valence-electron chi connectivity index (χ4n) is 4.48. The van der Waals surface area contributed by atoms with Crippen molar-refractivity contribution in [2.75, 3.05) is 13.2 Å². The molecule has 0 aromatic heterocycles. The molecule has 2 rings (SSSR count). The average Bonchev–Trinajstić information content (AvgIpc) is 2.67. The molecular weight excluding hydrogens is 446 g/mol. The number of phenolic OH excluding ortho intramolecular Hbond substituents is 2. The minimum Gasteiger partial charge on any atom is -0.507 e. The van der Waals surface area contributed by atoms with Gasteiger partial charge in [0.1, 0.15) is 11.5 Å². The molecule has 0 spiro atoms. The SMILES string of the molecule is CC(C)(C)c1cc(CN(CCO)Cc2cc(C(C)(C)C)cc(C(C)(C)C)c2O)c(O)c(C(C)(C)C)c1. The van der Waals surface area contributed by atoms with Crippen molar-refractivity contribution < 1.29 is 15.3 Å². The molecule has 4 nitrogen and oxygen atoms in total. The summed E-state index contributed by atoms with van der Waals surface area (Å²) in [7, 11) is 0. The highest BCUT2D eigenvalue weighted by Crippen LogP contribution is 2.40. The lowest BCUT2D eigenvalue weighted by Crippen LogP contribution is -2.28. The van der Waals surface area contributed by atoms with Crippen LogP contribution in [0.3, 0.4) is 0 Å². The van der Waals surface area contributed by atoms with Crippen LogP contribution < -0.4 is 0 Å². The molecule has 0 fully saturated rings. The van der Waals surface area contributed by atoms with Gasteiger partial charge in [-0.05, 0) is 43.9 Å². The van der Waals surface area contributed by atoms with E-state index in [-0.39, 0.29) is 28.3 Å². The van der Waals surface area contributed by atoms with Gasteiger partial charge in [0.2, 0.25) is 0 Å². The molecule has 0 saturated carbocycles. The first-order valence-corrected chi connectivity index (χ1v) is 13.2. The van der Waals surface area contributed by atoms with Gasteiger partial charge in [0, 0.05) is 30.8 Å². The lowest BCUT2D eigenvalue weighted by Gasteiger charge is -2.31. The van der Waals surface area contributed by atoms with Crippen LogP contribution in [0, 0.1) is 0 Å². The maximum Gasteiger partial charge on any atom is 0.123 e. The summed E-state index contributed by atoms with van der Waals surface area (Å²) in [6.45, 7) is 27.2. The predicted molar refractivity (Wildman–Crippen MR) is 152 cm³/mol. The van der Waals surface area contributed by atoms with E-state index in [1.54, 1.807) is 0 Å². The largest absolute Gasteiger partial charge is 0.507 e. The molecule has 0 heterocycles. The first kappa shape index (κ1) is 30.2. The van der Waals surface area contributed by atoms with E-state index in [2.05, 4.69) is 112 Å². The van der Waals surface area contributed by atoms with Crippen molar-refractivity contribution in [3.63, 3.8) is 0 Å². The number of aromatic hydroxyl groups is 2. The number of benzene rings is 2. The van der Waals surface area contributed by atoms with Gasteiger partial charge in [0.05, 0.1) is 6.61 Å². The van der Waals surface area contributed by atoms with Crippen molar-refractivity contribution in [3.8, 4) is 11.5 Å². The number of rotatable bonds is 6. The molecule has 0 bridgehead atoms. The molecule has 202 valence electrons. The Morgan fingerprint density at radius 1 is 0.556 bits per heavy atom. The standard InChI is InChI=1S/C32H51NO3/c1-29(2,3)23-15-21(27(35)25(17-23)31(7,8)9)19-33(13-14-34)20-22-16-24(30(4,5)6)18-26(28(22)36)32(10,11)12/h15-18,34-36H,13-14,19-20H2,1-12H3. The Balaban J connectivity index is 2.61. The molecule has 2 aromatic rings. The number of hydrogen-bond acceptors (Lipinski definition) is 4. The van der Waals surface area contributed by atoms with Crippen molar-refractivity contribution in [1.29, 1.82) is 0 Å². The minimum absolute atomic E-state index is 0.00228. The van der Waals surface area contributed by atoms with Crippen LogP contribution in [0.1, 0.15) is 116 Å². The van der Waals surface area contributed by atoms with Crippen molar-refractivity contribution in [2.45, 2.75) is 118 Å². The molecule has 0 amide bonds. The summed E-state index contributed by atoms with van der Waals surface area (Å²) in [5, 5.41) is 32.5. The van der Waals surface area contributed by atoms with Gasteiger partial charge in [-0.1, -0.05) is 107 Å². The van der Waals surface area contributed by atoms with Crippen LogP contribution in [0.15, 0.2) is 24.3 Å². The molecule has 0 aliphatic carbocycles. The first-order valence-electron chi connectivity index (χ1n) is 13.2. The fourth-order valence-corrected chi connectivity index (χ4v) is 4.48. The third kappa shape index (κ3) is 7.26. The molecule has 0 aliphatic rings. The fraction of sp³-hybridized carbons (Fsp3) is 0.625.